The average Bonchev–Trinajstić information content (AvgIpc) is 2.43. The number of carbonyl (C=O) groups is 2. The number of ether oxygens (including phenoxy) is 2. The van der Waals surface area contributed by atoms with Gasteiger partial charge in [-0.1, -0.05) is 6.07 Å². The molecule has 0 saturated heterocycles. The highest BCUT2D eigenvalue weighted by atomic mass is 19.3. The Labute approximate surface area is 119 Å². The van der Waals surface area contributed by atoms with E-state index in [0.29, 0.717) is 5.56 Å². The van der Waals surface area contributed by atoms with Crippen molar-refractivity contribution in [1.29, 1.82) is 0 Å². The fourth-order valence-corrected chi connectivity index (χ4v) is 1.34. The number of amides is 2. The van der Waals surface area contributed by atoms with Gasteiger partial charge in [0.1, 0.15) is 0 Å². The lowest BCUT2D eigenvalue weighted by Crippen LogP contribution is -2.39. The Bertz CT molecular complexity index is 547. The van der Waals surface area contributed by atoms with Crippen LogP contribution in [0.2, 0.25) is 0 Å². The number of alkyl halides is 2. The number of hydrogen-bond donors (Lipinski definition) is 2. The molecule has 114 valence electrons. The van der Waals surface area contributed by atoms with Crippen LogP contribution in [0, 0.1) is 0 Å². The molecule has 1 aromatic rings. The Kier molecular flexibility index (Phi) is 6.12. The van der Waals surface area contributed by atoms with Crippen LogP contribution in [0.15, 0.2) is 24.3 Å². The van der Waals surface area contributed by atoms with Crippen LogP contribution in [0.25, 0.3) is 6.08 Å². The van der Waals surface area contributed by atoms with Crippen molar-refractivity contribution in [3.05, 3.63) is 29.8 Å². The summed E-state index contributed by atoms with van der Waals surface area (Å²) >= 11 is 0. The maximum atomic E-state index is 12.2. The van der Waals surface area contributed by atoms with Crippen molar-refractivity contribution >= 4 is 17.9 Å². The van der Waals surface area contributed by atoms with E-state index in [1.165, 1.54) is 44.4 Å². The van der Waals surface area contributed by atoms with Crippen LogP contribution < -0.4 is 20.3 Å². The zero-order chi connectivity index (χ0) is 15.8. The highest BCUT2D eigenvalue weighted by Crippen LogP contribution is 2.29. The molecule has 0 aliphatic rings. The number of benzene rings is 1. The smallest absolute Gasteiger partial charge is 0.387 e. The molecule has 6 nitrogen and oxygen atoms in total. The van der Waals surface area contributed by atoms with Crippen molar-refractivity contribution in [3.8, 4) is 11.5 Å². The summed E-state index contributed by atoms with van der Waals surface area (Å²) in [5.41, 5.74) is 4.79. The largest absolute Gasteiger partial charge is 0.493 e. The number of hydrazine groups is 1. The number of hydrogen-bond acceptors (Lipinski definition) is 4. The average molecular weight is 300 g/mol. The van der Waals surface area contributed by atoms with Gasteiger partial charge in [-0.3, -0.25) is 20.4 Å². The fourth-order valence-electron chi connectivity index (χ4n) is 1.34. The van der Waals surface area contributed by atoms with E-state index in [1.807, 2.05) is 0 Å². The van der Waals surface area contributed by atoms with Gasteiger partial charge in [-0.25, -0.2) is 0 Å². The summed E-state index contributed by atoms with van der Waals surface area (Å²) in [4.78, 5) is 21.9. The lowest BCUT2D eigenvalue weighted by molar-refractivity contribution is -0.125. The highest BCUT2D eigenvalue weighted by Gasteiger charge is 2.10. The Morgan fingerprint density at radius 2 is 1.95 bits per heavy atom. The molecule has 0 aliphatic carbocycles. The van der Waals surface area contributed by atoms with E-state index in [9.17, 15) is 18.4 Å². The fraction of sp³-hybridized carbons (Fsp3) is 0.231. The molecule has 0 unspecified atom stereocenters. The molecule has 0 heterocycles. The van der Waals surface area contributed by atoms with Crippen LogP contribution in [-0.2, 0) is 9.59 Å². The van der Waals surface area contributed by atoms with Crippen LogP contribution in [0.5, 0.6) is 11.5 Å². The molecule has 0 atom stereocenters. The second kappa shape index (κ2) is 7.83. The van der Waals surface area contributed by atoms with E-state index >= 15 is 0 Å². The van der Waals surface area contributed by atoms with E-state index in [2.05, 4.69) is 15.6 Å². The molecule has 0 bridgehead atoms. The molecule has 0 spiro atoms. The van der Waals surface area contributed by atoms with Crippen molar-refractivity contribution in [2.24, 2.45) is 0 Å². The summed E-state index contributed by atoms with van der Waals surface area (Å²) in [6.45, 7) is -1.71. The molecular weight excluding hydrogens is 286 g/mol. The monoisotopic (exact) mass is 300 g/mol. The maximum absolute atomic E-state index is 12.2. The van der Waals surface area contributed by atoms with Gasteiger partial charge in [0, 0.05) is 13.0 Å². The quantitative estimate of drug-likeness (QED) is 0.638. The molecule has 0 aliphatic heterocycles. The predicted molar refractivity (Wildman–Crippen MR) is 70.6 cm³/mol. The van der Waals surface area contributed by atoms with E-state index in [1.54, 1.807) is 0 Å². The van der Waals surface area contributed by atoms with E-state index < -0.39 is 18.4 Å². The second-order valence-corrected chi connectivity index (χ2v) is 3.79. The van der Waals surface area contributed by atoms with Crippen LogP contribution >= 0.6 is 0 Å². The highest BCUT2D eigenvalue weighted by molar-refractivity contribution is 5.92. The molecule has 1 aromatic carbocycles. The second-order valence-electron chi connectivity index (χ2n) is 3.79. The number of halogens is 2. The molecule has 2 amide bonds. The van der Waals surface area contributed by atoms with Crippen LogP contribution in [-0.4, -0.2) is 25.5 Å². The Morgan fingerprint density at radius 1 is 1.24 bits per heavy atom. The Balaban J connectivity index is 2.75. The third kappa shape index (κ3) is 5.89. The minimum atomic E-state index is -2.95. The number of rotatable bonds is 5. The van der Waals surface area contributed by atoms with Crippen LogP contribution in [0.1, 0.15) is 12.5 Å². The minimum Gasteiger partial charge on any atom is -0.493 e. The standard InChI is InChI=1S/C13H14F2N2O4/c1-8(18)16-17-12(19)6-4-9-3-5-10(21-13(14)15)11(7-9)20-2/h3-7,13H,1-2H3,(H,16,18)(H,17,19)/b6-4+. The maximum Gasteiger partial charge on any atom is 0.387 e. The molecule has 0 saturated carbocycles. The van der Waals surface area contributed by atoms with Gasteiger partial charge >= 0.3 is 6.61 Å². The summed E-state index contributed by atoms with van der Waals surface area (Å²) in [5.74, 6) is -0.948. The van der Waals surface area contributed by atoms with Gasteiger partial charge < -0.3 is 9.47 Å². The molecule has 1 rings (SSSR count). The van der Waals surface area contributed by atoms with Gasteiger partial charge in [-0.2, -0.15) is 8.78 Å². The van der Waals surface area contributed by atoms with E-state index in [0.717, 1.165) is 0 Å². The van der Waals surface area contributed by atoms with Crippen molar-refractivity contribution < 1.29 is 27.8 Å². The number of methoxy groups -OCH3 is 1. The molecule has 8 heteroatoms. The zero-order valence-corrected chi connectivity index (χ0v) is 11.4. The molecular formula is C13H14F2N2O4. The summed E-state index contributed by atoms with van der Waals surface area (Å²) in [6, 6.07) is 4.21. The third-order valence-corrected chi connectivity index (χ3v) is 2.19. The summed E-state index contributed by atoms with van der Waals surface area (Å²) in [6.07, 6.45) is 2.59. The minimum absolute atomic E-state index is 0.104. The summed E-state index contributed by atoms with van der Waals surface area (Å²) in [5, 5.41) is 0. The Morgan fingerprint density at radius 3 is 2.52 bits per heavy atom. The third-order valence-electron chi connectivity index (χ3n) is 2.19. The zero-order valence-electron chi connectivity index (χ0n) is 11.4. The first kappa shape index (κ1) is 16.4. The molecule has 0 radical (unpaired) electrons. The lowest BCUT2D eigenvalue weighted by Gasteiger charge is -2.10. The number of nitrogens with one attached hydrogen (secondary N) is 2. The van der Waals surface area contributed by atoms with Gasteiger partial charge in [-0.05, 0) is 23.8 Å². The van der Waals surface area contributed by atoms with Gasteiger partial charge in [0.15, 0.2) is 11.5 Å². The van der Waals surface area contributed by atoms with Gasteiger partial charge in [-0.15, -0.1) is 0 Å². The SMILES string of the molecule is COc1cc(/C=C/C(=O)NNC(C)=O)ccc1OC(F)F. The predicted octanol–water partition coefficient (Wildman–Crippen LogP) is 1.48. The van der Waals surface area contributed by atoms with Crippen LogP contribution in [0.4, 0.5) is 8.78 Å². The first-order chi connectivity index (χ1) is 9.92. The Hall–Kier alpha value is -2.64. The summed E-state index contributed by atoms with van der Waals surface area (Å²) in [7, 11) is 1.31. The van der Waals surface area contributed by atoms with Gasteiger partial charge in [0.25, 0.3) is 5.91 Å². The summed E-state index contributed by atoms with van der Waals surface area (Å²) < 4.78 is 33.5. The first-order valence-electron chi connectivity index (χ1n) is 5.80. The molecule has 0 fully saturated rings. The van der Waals surface area contributed by atoms with Crippen molar-refractivity contribution in [3.63, 3.8) is 0 Å². The van der Waals surface area contributed by atoms with E-state index in [-0.39, 0.29) is 11.5 Å². The van der Waals surface area contributed by atoms with Crippen molar-refractivity contribution in [2.75, 3.05) is 7.11 Å². The van der Waals surface area contributed by atoms with Gasteiger partial charge in [0.2, 0.25) is 5.91 Å². The number of carbonyl (C=O) groups excluding carboxylic acids is 2. The topological polar surface area (TPSA) is 76.7 Å². The first-order valence-corrected chi connectivity index (χ1v) is 5.80. The molecule has 21 heavy (non-hydrogen) atoms. The molecule has 2 N–H and O–H groups in total. The lowest BCUT2D eigenvalue weighted by atomic mass is 10.2. The van der Waals surface area contributed by atoms with Crippen LogP contribution in [0.3, 0.4) is 0 Å². The normalized spacial score (nSPS) is 10.5. The van der Waals surface area contributed by atoms with Crippen molar-refractivity contribution in [2.45, 2.75) is 13.5 Å². The molecule has 0 aromatic heterocycles. The van der Waals surface area contributed by atoms with E-state index in [4.69, 9.17) is 4.74 Å². The van der Waals surface area contributed by atoms with Gasteiger partial charge in [0.05, 0.1) is 7.11 Å². The van der Waals surface area contributed by atoms with Crippen molar-refractivity contribution in [1.82, 2.24) is 10.9 Å².